The topological polar surface area (TPSA) is 73.2 Å². The van der Waals surface area contributed by atoms with E-state index < -0.39 is 0 Å². The maximum atomic E-state index is 12.1. The van der Waals surface area contributed by atoms with E-state index >= 15 is 0 Å². The summed E-state index contributed by atoms with van der Waals surface area (Å²) < 4.78 is 6.88. The first kappa shape index (κ1) is 18.2. The zero-order chi connectivity index (χ0) is 18.4. The zero-order valence-electron chi connectivity index (χ0n) is 15.1. The number of carbonyl (C=O) groups is 1. The summed E-state index contributed by atoms with van der Waals surface area (Å²) in [6.45, 7) is 3.15. The second-order valence-corrected chi connectivity index (χ2v) is 6.68. The Morgan fingerprint density at radius 1 is 1.31 bits per heavy atom. The molecule has 1 aromatic heterocycles. The molecule has 0 radical (unpaired) electrons. The van der Waals surface area contributed by atoms with E-state index in [1.807, 2.05) is 24.3 Å². The molecule has 138 valence electrons. The molecule has 1 N–H and O–H groups in total. The van der Waals surface area contributed by atoms with E-state index in [0.717, 1.165) is 36.3 Å². The Morgan fingerprint density at radius 3 is 2.69 bits per heavy atom. The minimum atomic E-state index is -0.211. The van der Waals surface area contributed by atoms with Crippen LogP contribution in [0.2, 0.25) is 0 Å². The molecule has 0 bridgehead atoms. The fourth-order valence-electron chi connectivity index (χ4n) is 2.82. The second-order valence-electron chi connectivity index (χ2n) is 6.68. The normalized spacial score (nSPS) is 13.9. The summed E-state index contributed by atoms with van der Waals surface area (Å²) in [7, 11) is 0. The van der Waals surface area contributed by atoms with Crippen LogP contribution in [0.4, 0.5) is 0 Å². The molecule has 6 heteroatoms. The van der Waals surface area contributed by atoms with Crippen LogP contribution in [-0.2, 0) is 17.9 Å². The van der Waals surface area contributed by atoms with Gasteiger partial charge in [-0.25, -0.2) is 4.98 Å². The first-order chi connectivity index (χ1) is 12.7. The van der Waals surface area contributed by atoms with Crippen LogP contribution >= 0.6 is 0 Å². The molecule has 0 atom stereocenters. The molecular formula is C20H25N3O3. The highest BCUT2D eigenvalue weighted by molar-refractivity contribution is 5.75. The number of amides is 1. The summed E-state index contributed by atoms with van der Waals surface area (Å²) >= 11 is 0. The molecule has 3 rings (SSSR count). The Morgan fingerprint density at radius 2 is 2.08 bits per heavy atom. The van der Waals surface area contributed by atoms with Crippen molar-refractivity contribution in [1.82, 2.24) is 14.9 Å². The molecule has 1 aromatic carbocycles. The molecule has 2 aromatic rings. The number of benzene rings is 1. The number of nitrogens with one attached hydrogen (secondary N) is 1. The summed E-state index contributed by atoms with van der Waals surface area (Å²) in [4.78, 5) is 28.6. The van der Waals surface area contributed by atoms with Gasteiger partial charge in [-0.15, -0.1) is 0 Å². The first-order valence-electron chi connectivity index (χ1n) is 9.20. The van der Waals surface area contributed by atoms with Gasteiger partial charge < -0.3 is 10.1 Å². The van der Waals surface area contributed by atoms with Gasteiger partial charge in [0, 0.05) is 18.5 Å². The van der Waals surface area contributed by atoms with E-state index in [4.69, 9.17) is 4.74 Å². The van der Waals surface area contributed by atoms with Crippen LogP contribution in [0.3, 0.4) is 0 Å². The van der Waals surface area contributed by atoms with E-state index in [2.05, 4.69) is 17.2 Å². The van der Waals surface area contributed by atoms with Crippen molar-refractivity contribution in [2.45, 2.75) is 51.6 Å². The molecule has 0 spiro atoms. The highest BCUT2D eigenvalue weighted by Crippen LogP contribution is 2.34. The molecule has 0 aliphatic heterocycles. The molecule has 6 nitrogen and oxygen atoms in total. The fraction of sp³-hybridized carbons (Fsp3) is 0.450. The Kier molecular flexibility index (Phi) is 6.04. The minimum Gasteiger partial charge on any atom is -0.494 e. The Balaban J connectivity index is 1.50. The minimum absolute atomic E-state index is 0.0194. The third-order valence-electron chi connectivity index (χ3n) is 4.62. The summed E-state index contributed by atoms with van der Waals surface area (Å²) in [6.07, 6.45) is 5.84. The molecule has 1 aliphatic rings. The number of hydrogen-bond donors (Lipinski definition) is 1. The molecule has 26 heavy (non-hydrogen) atoms. The van der Waals surface area contributed by atoms with Crippen molar-refractivity contribution in [3.63, 3.8) is 0 Å². The van der Waals surface area contributed by atoms with Crippen molar-refractivity contribution in [3.8, 4) is 5.75 Å². The monoisotopic (exact) mass is 355 g/mol. The predicted molar refractivity (Wildman–Crippen MR) is 99.2 cm³/mol. The van der Waals surface area contributed by atoms with Gasteiger partial charge in [-0.05, 0) is 37.0 Å². The lowest BCUT2D eigenvalue weighted by atomic mass is 9.83. The van der Waals surface area contributed by atoms with Gasteiger partial charge in [-0.3, -0.25) is 14.2 Å². The van der Waals surface area contributed by atoms with Crippen molar-refractivity contribution in [2.75, 3.05) is 6.61 Å². The highest BCUT2D eigenvalue weighted by Gasteiger charge is 2.21. The van der Waals surface area contributed by atoms with Gasteiger partial charge in [0.25, 0.3) is 5.56 Å². The van der Waals surface area contributed by atoms with E-state index in [9.17, 15) is 9.59 Å². The largest absolute Gasteiger partial charge is 0.494 e. The maximum Gasteiger partial charge on any atom is 0.254 e. The fourth-order valence-corrected chi connectivity index (χ4v) is 2.82. The highest BCUT2D eigenvalue weighted by atomic mass is 16.5. The Hall–Kier alpha value is -2.63. The van der Waals surface area contributed by atoms with Gasteiger partial charge in [-0.1, -0.05) is 25.5 Å². The Labute approximate surface area is 153 Å². The van der Waals surface area contributed by atoms with Crippen LogP contribution < -0.4 is 15.6 Å². The summed E-state index contributed by atoms with van der Waals surface area (Å²) in [5, 5.41) is 2.83. The zero-order valence-corrected chi connectivity index (χ0v) is 15.1. The lowest BCUT2D eigenvalue weighted by Crippen LogP contribution is -2.32. The number of hydrogen-bond acceptors (Lipinski definition) is 4. The molecular weight excluding hydrogens is 330 g/mol. The number of carbonyl (C=O) groups excluding carboxylic acids is 1. The standard InChI is InChI=1S/C20H25N3O3/c1-2-10-26-17-8-6-15(7-9-17)12-21-19(24)13-23-14-22-18(11-20(23)25)16-4-3-5-16/h6-9,11,14,16H,2-5,10,12-13H2,1H3,(H,21,24). The van der Waals surface area contributed by atoms with E-state index in [0.29, 0.717) is 19.1 Å². The Bertz CT molecular complexity index is 795. The number of ether oxygens (including phenoxy) is 1. The summed E-state index contributed by atoms with van der Waals surface area (Å²) in [5.74, 6) is 1.03. The van der Waals surface area contributed by atoms with Gasteiger partial charge in [0.2, 0.25) is 5.91 Å². The van der Waals surface area contributed by atoms with Crippen LogP contribution in [-0.4, -0.2) is 22.1 Å². The lowest BCUT2D eigenvalue weighted by Gasteiger charge is -2.24. The average molecular weight is 355 g/mol. The summed E-state index contributed by atoms with van der Waals surface area (Å²) in [5.41, 5.74) is 1.66. The van der Waals surface area contributed by atoms with Crippen molar-refractivity contribution >= 4 is 5.91 Å². The molecule has 0 saturated heterocycles. The van der Waals surface area contributed by atoms with Gasteiger partial charge in [0.05, 0.1) is 18.6 Å². The van der Waals surface area contributed by atoms with Crippen LogP contribution in [0.15, 0.2) is 41.5 Å². The summed E-state index contributed by atoms with van der Waals surface area (Å²) in [6, 6.07) is 9.19. The van der Waals surface area contributed by atoms with Gasteiger partial charge in [-0.2, -0.15) is 0 Å². The van der Waals surface area contributed by atoms with E-state index in [1.165, 1.54) is 17.3 Å². The molecule has 1 saturated carbocycles. The predicted octanol–water partition coefficient (Wildman–Crippen LogP) is 2.62. The number of rotatable bonds is 8. The third kappa shape index (κ3) is 4.71. The molecule has 1 heterocycles. The maximum absolute atomic E-state index is 12.1. The molecule has 1 fully saturated rings. The van der Waals surface area contributed by atoms with Crippen molar-refractivity contribution in [2.24, 2.45) is 0 Å². The third-order valence-corrected chi connectivity index (χ3v) is 4.62. The van der Waals surface area contributed by atoms with E-state index in [-0.39, 0.29) is 18.0 Å². The number of nitrogens with zero attached hydrogens (tertiary/aromatic N) is 2. The van der Waals surface area contributed by atoms with E-state index in [1.54, 1.807) is 6.07 Å². The average Bonchev–Trinajstić information content (AvgIpc) is 2.60. The second kappa shape index (κ2) is 8.65. The van der Waals surface area contributed by atoms with Crippen LogP contribution in [0, 0.1) is 0 Å². The van der Waals surface area contributed by atoms with Crippen LogP contribution in [0.1, 0.15) is 49.8 Å². The van der Waals surface area contributed by atoms with Gasteiger partial charge >= 0.3 is 0 Å². The molecule has 1 amide bonds. The first-order valence-corrected chi connectivity index (χ1v) is 9.20. The van der Waals surface area contributed by atoms with Crippen molar-refractivity contribution in [1.29, 1.82) is 0 Å². The van der Waals surface area contributed by atoms with Gasteiger partial charge in [0.1, 0.15) is 12.3 Å². The SMILES string of the molecule is CCCOc1ccc(CNC(=O)Cn2cnc(C3CCC3)cc2=O)cc1. The number of aromatic nitrogens is 2. The van der Waals surface area contributed by atoms with Gasteiger partial charge in [0.15, 0.2) is 0 Å². The quantitative estimate of drug-likeness (QED) is 0.790. The van der Waals surface area contributed by atoms with Crippen LogP contribution in [0.25, 0.3) is 0 Å². The molecule has 1 aliphatic carbocycles. The van der Waals surface area contributed by atoms with Crippen molar-refractivity contribution in [3.05, 3.63) is 58.3 Å². The molecule has 0 unspecified atom stereocenters. The van der Waals surface area contributed by atoms with Crippen LogP contribution in [0.5, 0.6) is 5.75 Å². The van der Waals surface area contributed by atoms with Crippen molar-refractivity contribution < 1.29 is 9.53 Å². The smallest absolute Gasteiger partial charge is 0.254 e. The lowest BCUT2D eigenvalue weighted by molar-refractivity contribution is -0.121.